The first kappa shape index (κ1) is 17.7. The Morgan fingerprint density at radius 2 is 1.72 bits per heavy atom. The van der Waals surface area contributed by atoms with E-state index >= 15 is 0 Å². The minimum atomic E-state index is -0.415. The van der Waals surface area contributed by atoms with Gasteiger partial charge in [-0.1, -0.05) is 0 Å². The summed E-state index contributed by atoms with van der Waals surface area (Å²) < 4.78 is 5.01. The number of nitrogens with zero attached hydrogens (tertiary/aromatic N) is 3. The molecule has 0 atom stereocenters. The molecule has 2 aliphatic heterocycles. The van der Waals surface area contributed by atoms with Crippen LogP contribution < -0.4 is 21.1 Å². The van der Waals surface area contributed by atoms with Crippen LogP contribution >= 0.6 is 0 Å². The van der Waals surface area contributed by atoms with Crippen molar-refractivity contribution in [3.05, 3.63) is 20.4 Å². The maximum Gasteiger partial charge on any atom is 0.409 e. The number of hydrogen-bond acceptors (Lipinski definition) is 7. The van der Waals surface area contributed by atoms with Crippen LogP contribution in [-0.4, -0.2) is 74.9 Å². The average molecular weight is 350 g/mol. The lowest BCUT2D eigenvalue weighted by Gasteiger charge is -2.37. The van der Waals surface area contributed by atoms with E-state index in [4.69, 9.17) is 4.74 Å². The van der Waals surface area contributed by atoms with Crippen LogP contribution in [0.5, 0.6) is 0 Å². The molecule has 0 unspecified atom stereocenters. The molecule has 138 valence electrons. The van der Waals surface area contributed by atoms with Crippen molar-refractivity contribution < 1.29 is 9.53 Å². The first-order chi connectivity index (χ1) is 12.0. The van der Waals surface area contributed by atoms with Gasteiger partial charge in [0.05, 0.1) is 6.61 Å². The first-order valence-corrected chi connectivity index (χ1v) is 8.96. The number of ether oxygens (including phenoxy) is 1. The maximum absolute atomic E-state index is 12.0. The molecule has 1 aromatic carbocycles. The number of anilines is 2. The molecule has 2 fully saturated rings. The highest BCUT2D eigenvalue weighted by Gasteiger charge is 2.31. The number of carbonyl (C=O) groups is 1. The van der Waals surface area contributed by atoms with Crippen LogP contribution in [0, 0.1) is 0 Å². The Balaban J connectivity index is 1.59. The van der Waals surface area contributed by atoms with Gasteiger partial charge < -0.3 is 24.8 Å². The molecular weight excluding hydrogens is 324 g/mol. The number of amides is 1. The van der Waals surface area contributed by atoms with Gasteiger partial charge in [0.2, 0.25) is 0 Å². The SMILES string of the molecule is CCOC(=O)N1CCC(Nc2c(N3CCN(C)CC3)c(=O)c2=O)CC1. The third kappa shape index (κ3) is 3.63. The number of rotatable bonds is 4. The van der Waals surface area contributed by atoms with Crippen molar-refractivity contribution in [2.45, 2.75) is 25.8 Å². The van der Waals surface area contributed by atoms with Crippen molar-refractivity contribution in [3.63, 3.8) is 0 Å². The predicted molar refractivity (Wildman–Crippen MR) is 96.3 cm³/mol. The fourth-order valence-electron chi connectivity index (χ4n) is 3.47. The van der Waals surface area contributed by atoms with Crippen molar-refractivity contribution in [2.75, 3.05) is 63.1 Å². The Morgan fingerprint density at radius 3 is 2.32 bits per heavy atom. The average Bonchev–Trinajstić information content (AvgIpc) is 2.63. The van der Waals surface area contributed by atoms with Crippen LogP contribution in [0.15, 0.2) is 9.59 Å². The van der Waals surface area contributed by atoms with Gasteiger partial charge in [-0.3, -0.25) is 9.59 Å². The molecule has 0 aliphatic carbocycles. The molecule has 0 spiro atoms. The smallest absolute Gasteiger partial charge is 0.409 e. The van der Waals surface area contributed by atoms with Gasteiger partial charge in [-0.25, -0.2) is 4.79 Å². The second-order valence-corrected chi connectivity index (χ2v) is 6.78. The molecule has 1 amide bonds. The zero-order chi connectivity index (χ0) is 18.0. The lowest BCUT2D eigenvalue weighted by Crippen LogP contribution is -2.51. The normalized spacial score (nSPS) is 20.1. The Labute approximate surface area is 147 Å². The fraction of sp³-hybridized carbons (Fsp3) is 0.706. The van der Waals surface area contributed by atoms with Crippen molar-refractivity contribution >= 4 is 17.5 Å². The van der Waals surface area contributed by atoms with E-state index in [0.717, 1.165) is 39.0 Å². The highest BCUT2D eigenvalue weighted by Crippen LogP contribution is 2.24. The van der Waals surface area contributed by atoms with Gasteiger partial charge in [0.15, 0.2) is 0 Å². The van der Waals surface area contributed by atoms with E-state index in [2.05, 4.69) is 17.3 Å². The summed E-state index contributed by atoms with van der Waals surface area (Å²) in [5, 5.41) is 3.26. The minimum Gasteiger partial charge on any atom is -0.450 e. The van der Waals surface area contributed by atoms with E-state index < -0.39 is 5.43 Å². The van der Waals surface area contributed by atoms with E-state index in [1.54, 1.807) is 11.8 Å². The molecule has 1 N–H and O–H groups in total. The number of nitrogens with one attached hydrogen (secondary N) is 1. The molecule has 0 bridgehead atoms. The van der Waals surface area contributed by atoms with Gasteiger partial charge in [-0.15, -0.1) is 0 Å². The molecule has 0 radical (unpaired) electrons. The van der Waals surface area contributed by atoms with Gasteiger partial charge in [-0.05, 0) is 26.8 Å². The van der Waals surface area contributed by atoms with Crippen molar-refractivity contribution in [1.82, 2.24) is 9.80 Å². The summed E-state index contributed by atoms with van der Waals surface area (Å²) in [6.45, 7) is 6.64. The summed E-state index contributed by atoms with van der Waals surface area (Å²) >= 11 is 0. The van der Waals surface area contributed by atoms with Crippen LogP contribution in [0.3, 0.4) is 0 Å². The molecule has 0 aromatic heterocycles. The molecule has 0 saturated carbocycles. The second-order valence-electron chi connectivity index (χ2n) is 6.78. The van der Waals surface area contributed by atoms with Crippen molar-refractivity contribution in [1.29, 1.82) is 0 Å². The number of hydrogen-bond donors (Lipinski definition) is 1. The summed E-state index contributed by atoms with van der Waals surface area (Å²) in [6.07, 6.45) is 1.19. The summed E-state index contributed by atoms with van der Waals surface area (Å²) in [6, 6.07) is 0.0974. The maximum atomic E-state index is 12.0. The molecular formula is C17H26N4O4. The van der Waals surface area contributed by atoms with Gasteiger partial charge in [0.1, 0.15) is 11.4 Å². The number of likely N-dealkylation sites (N-methyl/N-ethyl adjacent to an activating group) is 1. The van der Waals surface area contributed by atoms with Crippen LogP contribution in [0.1, 0.15) is 19.8 Å². The monoisotopic (exact) mass is 350 g/mol. The molecule has 3 rings (SSSR count). The summed E-state index contributed by atoms with van der Waals surface area (Å²) in [4.78, 5) is 41.7. The van der Waals surface area contributed by atoms with Crippen LogP contribution in [0.4, 0.5) is 16.2 Å². The third-order valence-electron chi connectivity index (χ3n) is 5.07. The van der Waals surface area contributed by atoms with Crippen LogP contribution in [0.2, 0.25) is 0 Å². The van der Waals surface area contributed by atoms with E-state index in [0.29, 0.717) is 31.1 Å². The van der Waals surface area contributed by atoms with Crippen molar-refractivity contribution in [3.8, 4) is 0 Å². The Bertz CT molecular complexity index is 681. The topological polar surface area (TPSA) is 82.2 Å². The number of piperidine rings is 1. The van der Waals surface area contributed by atoms with E-state index in [-0.39, 0.29) is 17.6 Å². The van der Waals surface area contributed by atoms with E-state index in [1.807, 2.05) is 4.90 Å². The zero-order valence-corrected chi connectivity index (χ0v) is 14.9. The molecule has 2 heterocycles. The quantitative estimate of drug-likeness (QED) is 0.770. The highest BCUT2D eigenvalue weighted by atomic mass is 16.6. The third-order valence-corrected chi connectivity index (χ3v) is 5.07. The Hall–Kier alpha value is -2.09. The molecule has 2 saturated heterocycles. The summed E-state index contributed by atoms with van der Waals surface area (Å²) in [5.74, 6) is 0. The van der Waals surface area contributed by atoms with Crippen LogP contribution in [0.25, 0.3) is 0 Å². The first-order valence-electron chi connectivity index (χ1n) is 8.96. The Kier molecular flexibility index (Phi) is 5.27. The molecule has 8 nitrogen and oxygen atoms in total. The van der Waals surface area contributed by atoms with Gasteiger partial charge >= 0.3 is 6.09 Å². The summed E-state index contributed by atoms with van der Waals surface area (Å²) in [5.41, 5.74) is 0.216. The van der Waals surface area contributed by atoms with E-state index in [9.17, 15) is 14.4 Å². The molecule has 1 aromatic rings. The zero-order valence-electron chi connectivity index (χ0n) is 14.9. The molecule has 25 heavy (non-hydrogen) atoms. The highest BCUT2D eigenvalue weighted by molar-refractivity contribution is 5.75. The number of piperazine rings is 1. The minimum absolute atomic E-state index is 0.0974. The fourth-order valence-corrected chi connectivity index (χ4v) is 3.47. The largest absolute Gasteiger partial charge is 0.450 e. The van der Waals surface area contributed by atoms with Crippen LogP contribution in [-0.2, 0) is 4.74 Å². The predicted octanol–water partition coefficient (Wildman–Crippen LogP) is 0.0672. The lowest BCUT2D eigenvalue weighted by molar-refractivity contribution is 0.0983. The lowest BCUT2D eigenvalue weighted by atomic mass is 10.0. The number of carbonyl (C=O) groups excluding carboxylic acids is 1. The van der Waals surface area contributed by atoms with Gasteiger partial charge in [0.25, 0.3) is 10.9 Å². The standard InChI is InChI=1S/C17H26N4O4/c1-3-25-17(24)21-6-4-12(5-7-21)18-13-14(16(23)15(13)22)20-10-8-19(2)9-11-20/h12,18H,3-11H2,1-2H3. The van der Waals surface area contributed by atoms with Crippen molar-refractivity contribution in [2.24, 2.45) is 0 Å². The van der Waals surface area contributed by atoms with Gasteiger partial charge in [-0.2, -0.15) is 0 Å². The number of likely N-dealkylation sites (tertiary alicyclic amines) is 1. The molecule has 2 aliphatic rings. The molecule has 8 heteroatoms. The summed E-state index contributed by atoms with van der Waals surface area (Å²) in [7, 11) is 2.05. The van der Waals surface area contributed by atoms with Gasteiger partial charge in [0, 0.05) is 45.3 Å². The second kappa shape index (κ2) is 7.43. The van der Waals surface area contributed by atoms with E-state index in [1.165, 1.54) is 0 Å². The Morgan fingerprint density at radius 1 is 1.08 bits per heavy atom.